The van der Waals surface area contributed by atoms with Gasteiger partial charge in [-0.3, -0.25) is 4.79 Å². The average Bonchev–Trinajstić information content (AvgIpc) is 2.86. The molecule has 2 aromatic carbocycles. The highest BCUT2D eigenvalue weighted by molar-refractivity contribution is 6.32. The first-order chi connectivity index (χ1) is 10.5. The summed E-state index contributed by atoms with van der Waals surface area (Å²) < 4.78 is 0. The molecule has 0 aliphatic carbocycles. The summed E-state index contributed by atoms with van der Waals surface area (Å²) in [6, 6.07) is 11.1. The van der Waals surface area contributed by atoms with Gasteiger partial charge in [0.1, 0.15) is 5.69 Å². The molecule has 110 valence electrons. The molecule has 0 amide bonds. The van der Waals surface area contributed by atoms with E-state index in [1.807, 2.05) is 0 Å². The number of ketones is 1. The Bertz CT molecular complexity index is 898. The number of carbonyl (C=O) groups excluding carboxylic acids is 1. The zero-order chi connectivity index (χ0) is 15.9. The number of hydrogen-bond donors (Lipinski definition) is 2. The Morgan fingerprint density at radius 1 is 0.955 bits per heavy atom. The number of H-pyrrole nitrogens is 1. The van der Waals surface area contributed by atoms with E-state index < -0.39 is 5.97 Å². The zero-order valence-corrected chi connectivity index (χ0v) is 12.6. The fraction of sp³-hybridized carbons (Fsp3) is 0. The van der Waals surface area contributed by atoms with Crippen molar-refractivity contribution in [1.29, 1.82) is 0 Å². The molecule has 1 heterocycles. The molecule has 0 aliphatic rings. The van der Waals surface area contributed by atoms with Crippen LogP contribution in [0.1, 0.15) is 26.4 Å². The smallest absolute Gasteiger partial charge is 0.353 e. The van der Waals surface area contributed by atoms with Gasteiger partial charge in [-0.25, -0.2) is 4.79 Å². The maximum Gasteiger partial charge on any atom is 0.353 e. The maximum absolute atomic E-state index is 12.7. The molecule has 6 heteroatoms. The predicted octanol–water partition coefficient (Wildman–Crippen LogP) is 4.40. The Labute approximate surface area is 135 Å². The van der Waals surface area contributed by atoms with Crippen LogP contribution in [0, 0.1) is 0 Å². The molecule has 2 N–H and O–H groups in total. The van der Waals surface area contributed by atoms with Crippen LogP contribution in [0.3, 0.4) is 0 Å². The molecule has 0 saturated carbocycles. The highest BCUT2D eigenvalue weighted by atomic mass is 35.5. The number of carbonyl (C=O) groups is 2. The quantitative estimate of drug-likeness (QED) is 0.697. The van der Waals surface area contributed by atoms with Gasteiger partial charge < -0.3 is 10.1 Å². The minimum absolute atomic E-state index is 0.112. The number of halogens is 2. The van der Waals surface area contributed by atoms with Crippen molar-refractivity contribution in [3.63, 3.8) is 0 Å². The van der Waals surface area contributed by atoms with E-state index in [-0.39, 0.29) is 17.0 Å². The van der Waals surface area contributed by atoms with Crippen LogP contribution < -0.4 is 0 Å². The Balaban J connectivity index is 2.24. The summed E-state index contributed by atoms with van der Waals surface area (Å²) in [4.78, 5) is 26.8. The van der Waals surface area contributed by atoms with Crippen LogP contribution in [0.25, 0.3) is 10.9 Å². The lowest BCUT2D eigenvalue weighted by molar-refractivity contribution is 0.0687. The van der Waals surface area contributed by atoms with E-state index in [0.29, 0.717) is 26.5 Å². The van der Waals surface area contributed by atoms with Gasteiger partial charge in [0.25, 0.3) is 0 Å². The number of benzene rings is 2. The average molecular weight is 334 g/mol. The van der Waals surface area contributed by atoms with Crippen LogP contribution in [0.2, 0.25) is 10.0 Å². The third-order valence-electron chi connectivity index (χ3n) is 3.31. The first-order valence-electron chi connectivity index (χ1n) is 6.32. The van der Waals surface area contributed by atoms with E-state index >= 15 is 0 Å². The molecule has 0 atom stereocenters. The number of aromatic carboxylic acids is 1. The van der Waals surface area contributed by atoms with Crippen LogP contribution in [0.4, 0.5) is 0 Å². The molecular weight excluding hydrogens is 325 g/mol. The summed E-state index contributed by atoms with van der Waals surface area (Å²) in [5.74, 6) is -1.59. The molecule has 0 spiro atoms. The van der Waals surface area contributed by atoms with Crippen molar-refractivity contribution in [2.24, 2.45) is 0 Å². The lowest BCUT2D eigenvalue weighted by Crippen LogP contribution is -2.08. The molecule has 4 nitrogen and oxygen atoms in total. The summed E-state index contributed by atoms with van der Waals surface area (Å²) >= 11 is 11.7. The highest BCUT2D eigenvalue weighted by Crippen LogP contribution is 2.28. The van der Waals surface area contributed by atoms with Crippen molar-refractivity contribution >= 4 is 45.9 Å². The number of aromatic amines is 1. The van der Waals surface area contributed by atoms with Gasteiger partial charge in [0.05, 0.1) is 5.56 Å². The predicted molar refractivity (Wildman–Crippen MR) is 85.2 cm³/mol. The summed E-state index contributed by atoms with van der Waals surface area (Å²) in [5.41, 5.74) is 0.823. The standard InChI is InChI=1S/C16H9Cl2NO3/c17-9-3-1-8(2-4-9)15(20)13-11-6-5-10(18)7-12(11)19-14(13)16(21)22/h1-7,19H,(H,21,22). The number of hydrogen-bond acceptors (Lipinski definition) is 2. The van der Waals surface area contributed by atoms with Crippen LogP contribution in [-0.4, -0.2) is 21.8 Å². The Morgan fingerprint density at radius 3 is 2.23 bits per heavy atom. The Kier molecular flexibility index (Phi) is 3.64. The number of carboxylic acids is 1. The van der Waals surface area contributed by atoms with Crippen molar-refractivity contribution in [2.75, 3.05) is 0 Å². The van der Waals surface area contributed by atoms with Crippen molar-refractivity contribution in [3.05, 3.63) is 69.3 Å². The highest BCUT2D eigenvalue weighted by Gasteiger charge is 2.23. The van der Waals surface area contributed by atoms with E-state index in [4.69, 9.17) is 23.2 Å². The normalized spacial score (nSPS) is 10.8. The number of carboxylic acid groups (broad SMARTS) is 1. The first kappa shape index (κ1) is 14.6. The molecule has 0 aliphatic heterocycles. The van der Waals surface area contributed by atoms with Gasteiger partial charge in [-0.15, -0.1) is 0 Å². The summed E-state index contributed by atoms with van der Waals surface area (Å²) in [5, 5.41) is 10.8. The molecule has 3 aromatic rings. The maximum atomic E-state index is 12.7. The fourth-order valence-electron chi connectivity index (χ4n) is 2.31. The van der Waals surface area contributed by atoms with E-state index in [9.17, 15) is 14.7 Å². The molecule has 0 radical (unpaired) electrons. The van der Waals surface area contributed by atoms with Crippen molar-refractivity contribution in [1.82, 2.24) is 4.98 Å². The van der Waals surface area contributed by atoms with E-state index in [0.717, 1.165) is 0 Å². The van der Waals surface area contributed by atoms with Gasteiger partial charge >= 0.3 is 5.97 Å². The second kappa shape index (κ2) is 5.48. The third kappa shape index (κ3) is 2.47. The fourth-order valence-corrected chi connectivity index (χ4v) is 2.61. The third-order valence-corrected chi connectivity index (χ3v) is 3.80. The Hall–Kier alpha value is -2.30. The van der Waals surface area contributed by atoms with Crippen molar-refractivity contribution in [3.8, 4) is 0 Å². The molecule has 0 unspecified atom stereocenters. The molecule has 3 rings (SSSR count). The Morgan fingerprint density at radius 2 is 1.59 bits per heavy atom. The largest absolute Gasteiger partial charge is 0.477 e. The SMILES string of the molecule is O=C(O)c1[nH]c2cc(Cl)ccc2c1C(=O)c1ccc(Cl)cc1. The molecule has 1 aromatic heterocycles. The molecule has 0 saturated heterocycles. The molecule has 0 fully saturated rings. The van der Waals surface area contributed by atoms with Crippen LogP contribution in [0.5, 0.6) is 0 Å². The van der Waals surface area contributed by atoms with Gasteiger partial charge in [0.2, 0.25) is 0 Å². The lowest BCUT2D eigenvalue weighted by Gasteiger charge is -2.02. The molecule has 22 heavy (non-hydrogen) atoms. The minimum atomic E-state index is -1.20. The van der Waals surface area contributed by atoms with Crippen molar-refractivity contribution in [2.45, 2.75) is 0 Å². The van der Waals surface area contributed by atoms with Gasteiger partial charge in [-0.2, -0.15) is 0 Å². The number of aromatic nitrogens is 1. The number of nitrogens with one attached hydrogen (secondary N) is 1. The van der Waals surface area contributed by atoms with Crippen molar-refractivity contribution < 1.29 is 14.7 Å². The second-order valence-corrected chi connectivity index (χ2v) is 5.58. The lowest BCUT2D eigenvalue weighted by atomic mass is 10.00. The molecule has 0 bridgehead atoms. The second-order valence-electron chi connectivity index (χ2n) is 4.71. The van der Waals surface area contributed by atoms with Crippen LogP contribution in [-0.2, 0) is 0 Å². The topological polar surface area (TPSA) is 70.2 Å². The number of fused-ring (bicyclic) bond motifs is 1. The van der Waals surface area contributed by atoms with Gasteiger partial charge in [-0.1, -0.05) is 29.3 Å². The summed E-state index contributed by atoms with van der Waals surface area (Å²) in [6.07, 6.45) is 0. The van der Waals surface area contributed by atoms with Gasteiger partial charge in [0, 0.05) is 26.5 Å². The number of rotatable bonds is 3. The first-order valence-corrected chi connectivity index (χ1v) is 7.08. The van der Waals surface area contributed by atoms with E-state index in [2.05, 4.69) is 4.98 Å². The zero-order valence-electron chi connectivity index (χ0n) is 11.1. The summed E-state index contributed by atoms with van der Waals surface area (Å²) in [7, 11) is 0. The van der Waals surface area contributed by atoms with Crippen LogP contribution >= 0.6 is 23.2 Å². The van der Waals surface area contributed by atoms with Gasteiger partial charge in [0.15, 0.2) is 5.78 Å². The minimum Gasteiger partial charge on any atom is -0.477 e. The summed E-state index contributed by atoms with van der Waals surface area (Å²) in [6.45, 7) is 0. The van der Waals surface area contributed by atoms with Crippen LogP contribution in [0.15, 0.2) is 42.5 Å². The molecular formula is C16H9Cl2NO3. The monoisotopic (exact) mass is 333 g/mol. The van der Waals surface area contributed by atoms with E-state index in [1.165, 1.54) is 0 Å². The van der Waals surface area contributed by atoms with E-state index in [1.54, 1.807) is 42.5 Å². The van der Waals surface area contributed by atoms with Gasteiger partial charge in [-0.05, 0) is 36.4 Å².